The average Bonchev–Trinajstić information content (AvgIpc) is 2.93. The summed E-state index contributed by atoms with van der Waals surface area (Å²) in [5.41, 5.74) is 0. The van der Waals surface area contributed by atoms with Crippen molar-refractivity contribution in [2.75, 3.05) is 13.1 Å². The summed E-state index contributed by atoms with van der Waals surface area (Å²) in [5.74, 6) is 2.52. The van der Waals surface area contributed by atoms with Crippen LogP contribution in [0.5, 0.6) is 0 Å². The van der Waals surface area contributed by atoms with Crippen LogP contribution in [0.15, 0.2) is 0 Å². The van der Waals surface area contributed by atoms with Gasteiger partial charge in [0, 0.05) is 25.4 Å². The summed E-state index contributed by atoms with van der Waals surface area (Å²) in [5, 5.41) is 5.73. The zero-order valence-corrected chi connectivity index (χ0v) is 11.4. The molecule has 4 heteroatoms. The van der Waals surface area contributed by atoms with Gasteiger partial charge in [0.15, 0.2) is 0 Å². The normalized spacial score (nSPS) is 28.9. The Morgan fingerprint density at radius 3 is 2.39 bits per heavy atom. The van der Waals surface area contributed by atoms with Crippen LogP contribution in [0.25, 0.3) is 0 Å². The predicted octanol–water partition coefficient (Wildman–Crippen LogP) is 1.31. The highest BCUT2D eigenvalue weighted by molar-refractivity contribution is 5.80. The number of carbonyl (C=O) groups is 2. The van der Waals surface area contributed by atoms with Gasteiger partial charge in [-0.25, -0.2) is 0 Å². The zero-order valence-electron chi connectivity index (χ0n) is 11.4. The molecule has 18 heavy (non-hydrogen) atoms. The molecule has 4 nitrogen and oxygen atoms in total. The molecule has 2 saturated carbocycles. The number of carbonyl (C=O) groups excluding carboxylic acids is 2. The fourth-order valence-corrected chi connectivity index (χ4v) is 2.78. The molecule has 0 aliphatic heterocycles. The highest BCUT2D eigenvalue weighted by Gasteiger charge is 2.47. The lowest BCUT2D eigenvalue weighted by atomic mass is 10.0. The molecule has 2 fully saturated rings. The fraction of sp³-hybridized carbons (Fsp3) is 0.857. The van der Waals surface area contributed by atoms with Gasteiger partial charge in [0.1, 0.15) is 0 Å². The zero-order chi connectivity index (χ0) is 13.1. The van der Waals surface area contributed by atoms with E-state index in [9.17, 15) is 9.59 Å². The van der Waals surface area contributed by atoms with E-state index in [1.165, 1.54) is 6.42 Å². The van der Waals surface area contributed by atoms with Crippen molar-refractivity contribution in [3.8, 4) is 0 Å². The molecule has 0 spiro atoms. The molecule has 2 N–H and O–H groups in total. The van der Waals surface area contributed by atoms with E-state index >= 15 is 0 Å². The van der Waals surface area contributed by atoms with E-state index in [2.05, 4.69) is 24.5 Å². The molecule has 0 aromatic rings. The first-order valence-corrected chi connectivity index (χ1v) is 7.10. The van der Waals surface area contributed by atoms with Crippen LogP contribution >= 0.6 is 0 Å². The molecule has 2 amide bonds. The lowest BCUT2D eigenvalue weighted by Crippen LogP contribution is -2.35. The monoisotopic (exact) mass is 252 g/mol. The molecule has 2 aliphatic rings. The molecule has 102 valence electrons. The Morgan fingerprint density at radius 2 is 1.78 bits per heavy atom. The highest BCUT2D eigenvalue weighted by atomic mass is 16.2. The summed E-state index contributed by atoms with van der Waals surface area (Å²) in [7, 11) is 0. The third-order valence-electron chi connectivity index (χ3n) is 3.97. The molecule has 0 bridgehead atoms. The Kier molecular flexibility index (Phi) is 4.25. The molecular formula is C14H24N2O2. The summed E-state index contributed by atoms with van der Waals surface area (Å²) in [6.07, 6.45) is 3.85. The van der Waals surface area contributed by atoms with Crippen LogP contribution in [-0.2, 0) is 9.59 Å². The van der Waals surface area contributed by atoms with Crippen LogP contribution in [-0.4, -0.2) is 24.9 Å². The van der Waals surface area contributed by atoms with Gasteiger partial charge in [0.05, 0.1) is 0 Å². The van der Waals surface area contributed by atoms with Gasteiger partial charge in [-0.05, 0) is 37.0 Å². The number of hydrogen-bond acceptors (Lipinski definition) is 2. The maximum absolute atomic E-state index is 11.8. The predicted molar refractivity (Wildman–Crippen MR) is 69.8 cm³/mol. The maximum Gasteiger partial charge on any atom is 0.223 e. The Morgan fingerprint density at radius 1 is 1.11 bits per heavy atom. The van der Waals surface area contributed by atoms with Crippen molar-refractivity contribution < 1.29 is 9.59 Å². The molecule has 0 aromatic carbocycles. The number of fused-ring (bicyclic) bond motifs is 1. The number of nitrogens with one attached hydrogen (secondary N) is 2. The largest absolute Gasteiger partial charge is 0.356 e. The first kappa shape index (κ1) is 13.4. The van der Waals surface area contributed by atoms with Crippen molar-refractivity contribution in [1.29, 1.82) is 0 Å². The van der Waals surface area contributed by atoms with Gasteiger partial charge < -0.3 is 10.6 Å². The lowest BCUT2D eigenvalue weighted by Gasteiger charge is -2.12. The SMILES string of the molecule is CC(C)CNC(=O)CCNC(=O)C1CC2CC2C1. The number of amides is 2. The minimum Gasteiger partial charge on any atom is -0.356 e. The van der Waals surface area contributed by atoms with Crippen LogP contribution in [0.1, 0.15) is 39.5 Å². The molecule has 2 rings (SSSR count). The van der Waals surface area contributed by atoms with Gasteiger partial charge in [-0.2, -0.15) is 0 Å². The Bertz CT molecular complexity index is 318. The summed E-state index contributed by atoms with van der Waals surface area (Å²) in [6.45, 7) is 5.30. The molecular weight excluding hydrogens is 228 g/mol. The summed E-state index contributed by atoms with van der Waals surface area (Å²) in [4.78, 5) is 23.3. The summed E-state index contributed by atoms with van der Waals surface area (Å²) >= 11 is 0. The summed E-state index contributed by atoms with van der Waals surface area (Å²) in [6, 6.07) is 0. The number of hydrogen-bond donors (Lipinski definition) is 2. The van der Waals surface area contributed by atoms with Crippen LogP contribution in [0, 0.1) is 23.7 Å². The lowest BCUT2D eigenvalue weighted by molar-refractivity contribution is -0.125. The maximum atomic E-state index is 11.8. The van der Waals surface area contributed by atoms with Crippen LogP contribution in [0.4, 0.5) is 0 Å². The quantitative estimate of drug-likeness (QED) is 0.749. The Labute approximate surface area is 109 Å². The van der Waals surface area contributed by atoms with E-state index in [1.54, 1.807) is 0 Å². The highest BCUT2D eigenvalue weighted by Crippen LogP contribution is 2.54. The second-order valence-electron chi connectivity index (χ2n) is 6.16. The van der Waals surface area contributed by atoms with Gasteiger partial charge in [0.2, 0.25) is 11.8 Å². The first-order chi connectivity index (χ1) is 8.56. The topological polar surface area (TPSA) is 58.2 Å². The van der Waals surface area contributed by atoms with Gasteiger partial charge in [-0.15, -0.1) is 0 Å². The van der Waals surface area contributed by atoms with Gasteiger partial charge >= 0.3 is 0 Å². The minimum atomic E-state index is 0.0262. The third-order valence-corrected chi connectivity index (χ3v) is 3.97. The van der Waals surface area contributed by atoms with Gasteiger partial charge in [0.25, 0.3) is 0 Å². The van der Waals surface area contributed by atoms with Crippen LogP contribution in [0.2, 0.25) is 0 Å². The van der Waals surface area contributed by atoms with Crippen molar-refractivity contribution in [3.63, 3.8) is 0 Å². The molecule has 2 atom stereocenters. The van der Waals surface area contributed by atoms with Crippen molar-refractivity contribution in [3.05, 3.63) is 0 Å². The van der Waals surface area contributed by atoms with E-state index < -0.39 is 0 Å². The van der Waals surface area contributed by atoms with Crippen molar-refractivity contribution in [2.45, 2.75) is 39.5 Å². The van der Waals surface area contributed by atoms with Crippen LogP contribution < -0.4 is 10.6 Å². The van der Waals surface area contributed by atoms with Crippen molar-refractivity contribution >= 4 is 11.8 Å². The summed E-state index contributed by atoms with van der Waals surface area (Å²) < 4.78 is 0. The second-order valence-corrected chi connectivity index (χ2v) is 6.16. The first-order valence-electron chi connectivity index (χ1n) is 7.10. The van der Waals surface area contributed by atoms with Gasteiger partial charge in [-0.1, -0.05) is 13.8 Å². The van der Waals surface area contributed by atoms with Crippen molar-refractivity contribution in [2.24, 2.45) is 23.7 Å². The smallest absolute Gasteiger partial charge is 0.223 e. The van der Waals surface area contributed by atoms with E-state index in [0.29, 0.717) is 25.4 Å². The molecule has 0 saturated heterocycles. The molecule has 2 unspecified atom stereocenters. The Hall–Kier alpha value is -1.06. The standard InChI is InChI=1S/C14H24N2O2/c1-9(2)8-16-13(17)3-4-15-14(18)12-6-10-5-11(10)7-12/h9-12H,3-8H2,1-2H3,(H,15,18)(H,16,17). The van der Waals surface area contributed by atoms with E-state index in [1.807, 2.05) is 0 Å². The van der Waals surface area contributed by atoms with Crippen molar-refractivity contribution in [1.82, 2.24) is 10.6 Å². The molecule has 0 aromatic heterocycles. The fourth-order valence-electron chi connectivity index (χ4n) is 2.78. The average molecular weight is 252 g/mol. The second kappa shape index (κ2) is 5.72. The minimum absolute atomic E-state index is 0.0262. The van der Waals surface area contributed by atoms with E-state index in [0.717, 1.165) is 24.7 Å². The third kappa shape index (κ3) is 3.72. The van der Waals surface area contributed by atoms with E-state index in [4.69, 9.17) is 0 Å². The Balaban J connectivity index is 1.54. The molecule has 0 radical (unpaired) electrons. The van der Waals surface area contributed by atoms with Gasteiger partial charge in [-0.3, -0.25) is 9.59 Å². The van der Waals surface area contributed by atoms with Crippen LogP contribution in [0.3, 0.4) is 0 Å². The number of rotatable bonds is 6. The molecule has 0 heterocycles. The van der Waals surface area contributed by atoms with E-state index in [-0.39, 0.29) is 17.7 Å². The molecule has 2 aliphatic carbocycles.